The Kier molecular flexibility index (Phi) is 9.16. The Morgan fingerprint density at radius 2 is 1.78 bits per heavy atom. The van der Waals surface area contributed by atoms with E-state index in [-0.39, 0.29) is 16.5 Å². The lowest BCUT2D eigenvalue weighted by Crippen LogP contribution is -1.96. The number of halogens is 3. The molecule has 2 aromatic rings. The number of rotatable bonds is 3. The largest absolute Gasteiger partial charge is 0.467 e. The Labute approximate surface area is 174 Å². The zero-order chi connectivity index (χ0) is 20.7. The maximum Gasteiger partial charge on any atom is 0.467 e. The summed E-state index contributed by atoms with van der Waals surface area (Å²) in [6.45, 7) is 4.06. The van der Waals surface area contributed by atoms with Gasteiger partial charge in [0.1, 0.15) is 6.20 Å². The fraction of sp³-hybridized carbons (Fsp3) is 0.462. The van der Waals surface area contributed by atoms with Crippen LogP contribution < -0.4 is 0 Å². The molecule has 2 heterocycles. The van der Waals surface area contributed by atoms with Crippen molar-refractivity contribution in [1.29, 1.82) is 0 Å². The number of nitrogens with zero attached hydrogens (tertiary/aromatic N) is 6. The summed E-state index contributed by atoms with van der Waals surface area (Å²) in [5.74, 6) is -0.679. The molecule has 10 nitrogen and oxygen atoms in total. The molecule has 0 bridgehead atoms. The van der Waals surface area contributed by atoms with Crippen molar-refractivity contribution in [3.63, 3.8) is 0 Å². The van der Waals surface area contributed by atoms with E-state index in [0.717, 1.165) is 19.0 Å². The Balaban J connectivity index is 0.000000241. The molecule has 2 aromatic heterocycles. The molecule has 1 fully saturated rings. The summed E-state index contributed by atoms with van der Waals surface area (Å²) in [5, 5.41) is 25.5. The summed E-state index contributed by atoms with van der Waals surface area (Å²) >= 11 is 20.2. The van der Waals surface area contributed by atoms with Crippen LogP contribution in [0.1, 0.15) is 32.7 Å². The van der Waals surface area contributed by atoms with Crippen LogP contribution in [-0.4, -0.2) is 34.8 Å². The van der Waals surface area contributed by atoms with Crippen molar-refractivity contribution in [2.45, 2.75) is 38.0 Å². The normalized spacial score (nSPS) is 12.6. The zero-order valence-electron chi connectivity index (χ0n) is 14.1. The highest BCUT2D eigenvalue weighted by Crippen LogP contribution is 2.37. The quantitative estimate of drug-likeness (QED) is 0.230. The van der Waals surface area contributed by atoms with Crippen LogP contribution in [0.25, 0.3) is 0 Å². The van der Waals surface area contributed by atoms with Crippen LogP contribution in [0, 0.1) is 20.2 Å². The van der Waals surface area contributed by atoms with Gasteiger partial charge in [0, 0.05) is 0 Å². The molecule has 27 heavy (non-hydrogen) atoms. The molecule has 0 radical (unpaired) electrons. The van der Waals surface area contributed by atoms with E-state index in [1.165, 1.54) is 10.9 Å². The van der Waals surface area contributed by atoms with Gasteiger partial charge in [0.25, 0.3) is 0 Å². The van der Waals surface area contributed by atoms with Crippen molar-refractivity contribution in [3.8, 4) is 0 Å². The van der Waals surface area contributed by atoms with Crippen LogP contribution >= 0.6 is 47.4 Å². The van der Waals surface area contributed by atoms with Gasteiger partial charge in [0.2, 0.25) is 5.28 Å². The van der Waals surface area contributed by atoms with E-state index in [1.54, 1.807) is 0 Å². The van der Waals surface area contributed by atoms with Crippen molar-refractivity contribution < 1.29 is 9.85 Å². The number of nitro groups is 2. The van der Waals surface area contributed by atoms with Gasteiger partial charge in [-0.05, 0) is 34.6 Å². The maximum absolute atomic E-state index is 10.4. The second kappa shape index (κ2) is 10.6. The first kappa shape index (κ1) is 23.3. The van der Waals surface area contributed by atoms with Crippen LogP contribution in [0.4, 0.5) is 11.5 Å². The SMILES string of the molecule is CC(C)S.Clc1ncc(Cl)c(Cl)n1.O=[N+]([O-])c1cn(C2CC2)nc1[N+](=O)[O-]. The molecule has 0 spiro atoms. The Morgan fingerprint density at radius 1 is 1.22 bits per heavy atom. The zero-order valence-corrected chi connectivity index (χ0v) is 17.3. The Morgan fingerprint density at radius 3 is 2.11 bits per heavy atom. The molecule has 0 amide bonds. The van der Waals surface area contributed by atoms with Crippen LogP contribution in [0.3, 0.4) is 0 Å². The lowest BCUT2D eigenvalue weighted by Gasteiger charge is -1.90. The van der Waals surface area contributed by atoms with E-state index in [1.807, 2.05) is 13.8 Å². The van der Waals surface area contributed by atoms with Gasteiger partial charge in [0.05, 0.1) is 27.3 Å². The molecule has 0 unspecified atom stereocenters. The van der Waals surface area contributed by atoms with Gasteiger partial charge in [-0.1, -0.05) is 37.0 Å². The first-order valence-electron chi connectivity index (χ1n) is 7.42. The van der Waals surface area contributed by atoms with E-state index in [0.29, 0.717) is 10.3 Å². The van der Waals surface area contributed by atoms with Crippen LogP contribution in [0.2, 0.25) is 15.5 Å². The predicted octanol–water partition coefficient (Wildman–Crippen LogP) is 4.80. The topological polar surface area (TPSA) is 130 Å². The number of aromatic nitrogens is 4. The van der Waals surface area contributed by atoms with E-state index in [9.17, 15) is 20.2 Å². The third-order valence-corrected chi connectivity index (χ3v) is 3.50. The van der Waals surface area contributed by atoms with Crippen LogP contribution in [0.5, 0.6) is 0 Å². The van der Waals surface area contributed by atoms with Crippen molar-refractivity contribution in [3.05, 3.63) is 48.1 Å². The van der Waals surface area contributed by atoms with Crippen molar-refractivity contribution >= 4 is 58.9 Å². The van der Waals surface area contributed by atoms with Gasteiger partial charge in [-0.2, -0.15) is 17.3 Å². The van der Waals surface area contributed by atoms with E-state index < -0.39 is 21.4 Å². The Hall–Kier alpha value is -1.69. The summed E-state index contributed by atoms with van der Waals surface area (Å²) in [6, 6.07) is 0.0994. The standard InChI is InChI=1S/C6H6N4O4.C4HCl3N2.C3H8S/c11-9(12)5-3-8(4-1-2-4)7-6(5)10(13)14;5-2-1-8-4(7)9-3(2)6;1-3(2)4/h3-4H,1-2H2;1H;3-4H,1-2H3. The molecule has 0 N–H and O–H groups in total. The fourth-order valence-corrected chi connectivity index (χ4v) is 1.88. The minimum Gasteiger partial charge on any atom is -0.358 e. The van der Waals surface area contributed by atoms with Gasteiger partial charge in [0.15, 0.2) is 5.15 Å². The molecule has 1 aliphatic rings. The summed E-state index contributed by atoms with van der Waals surface area (Å²) in [6.07, 6.45) is 4.21. The lowest BCUT2D eigenvalue weighted by atomic mass is 10.5. The lowest BCUT2D eigenvalue weighted by molar-refractivity contribution is -0.424. The number of thiol groups is 1. The second-order valence-corrected chi connectivity index (χ2v) is 7.57. The molecule has 1 aliphatic carbocycles. The molecule has 14 heteroatoms. The molecular weight excluding hydrogens is 443 g/mol. The van der Waals surface area contributed by atoms with Gasteiger partial charge < -0.3 is 10.1 Å². The minimum atomic E-state index is -0.836. The van der Waals surface area contributed by atoms with Crippen LogP contribution in [0.15, 0.2) is 12.4 Å². The molecule has 0 atom stereocenters. The number of hydrogen-bond donors (Lipinski definition) is 1. The molecule has 3 rings (SSSR count). The summed E-state index contributed by atoms with van der Waals surface area (Å²) in [5.41, 5.74) is -0.540. The van der Waals surface area contributed by atoms with Crippen LogP contribution in [-0.2, 0) is 0 Å². The fourth-order valence-electron chi connectivity index (χ4n) is 1.48. The maximum atomic E-state index is 10.4. The summed E-state index contributed by atoms with van der Waals surface area (Å²) < 4.78 is 1.30. The van der Waals surface area contributed by atoms with Crippen molar-refractivity contribution in [1.82, 2.24) is 19.7 Å². The van der Waals surface area contributed by atoms with E-state index in [2.05, 4.69) is 27.7 Å². The average molecular weight is 458 g/mol. The first-order chi connectivity index (χ1) is 12.5. The van der Waals surface area contributed by atoms with Crippen molar-refractivity contribution in [2.24, 2.45) is 0 Å². The summed E-state index contributed by atoms with van der Waals surface area (Å²) in [4.78, 5) is 26.4. The van der Waals surface area contributed by atoms with Gasteiger partial charge in [-0.15, -0.1) is 0 Å². The smallest absolute Gasteiger partial charge is 0.358 e. The van der Waals surface area contributed by atoms with Gasteiger partial charge in [-0.3, -0.25) is 10.1 Å². The third-order valence-electron chi connectivity index (χ3n) is 2.66. The second-order valence-electron chi connectivity index (χ2n) is 5.43. The van der Waals surface area contributed by atoms with E-state index in [4.69, 9.17) is 34.8 Å². The highest BCUT2D eigenvalue weighted by Gasteiger charge is 2.36. The summed E-state index contributed by atoms with van der Waals surface area (Å²) in [7, 11) is 0. The Bertz CT molecular complexity index is 781. The monoisotopic (exact) mass is 456 g/mol. The molecule has 0 aromatic carbocycles. The molecule has 0 aliphatic heterocycles. The highest BCUT2D eigenvalue weighted by atomic mass is 35.5. The minimum absolute atomic E-state index is 0.0994. The molecular formula is C13H15Cl3N6O4S. The third kappa shape index (κ3) is 8.24. The molecule has 1 saturated carbocycles. The first-order valence-corrected chi connectivity index (χ1v) is 9.07. The van der Waals surface area contributed by atoms with Crippen molar-refractivity contribution in [2.75, 3.05) is 0 Å². The molecule has 0 saturated heterocycles. The molecule has 148 valence electrons. The number of hydrogen-bond acceptors (Lipinski definition) is 8. The predicted molar refractivity (Wildman–Crippen MR) is 105 cm³/mol. The van der Waals surface area contributed by atoms with Gasteiger partial charge in [-0.25, -0.2) is 9.97 Å². The van der Waals surface area contributed by atoms with E-state index >= 15 is 0 Å². The highest BCUT2D eigenvalue weighted by molar-refractivity contribution is 7.80. The average Bonchev–Trinajstić information content (AvgIpc) is 3.29. The van der Waals surface area contributed by atoms with Gasteiger partial charge >= 0.3 is 11.5 Å².